The fraction of sp³-hybridized carbons (Fsp3) is 0.600. The number of hydrogen-bond donors (Lipinski definition) is 11. The second-order valence-electron chi connectivity index (χ2n) is 28.5. The summed E-state index contributed by atoms with van der Waals surface area (Å²) in [5, 5.41) is 24.7. The maximum absolute atomic E-state index is 14.4. The SMILES string of the molecule is CC[C@H](C)C[C@@H](CCC(=O)N[C@@H](CC1CC1)C(N)=O)NC(=O)[C@H](Cc1cncn1C)NC(=O)CN(C)C(=O)[C@@H](NC(=O)[C@H](C)NC(=O)[C@H](Cc1c[nH]c2ccccc12)NC(=O)[C@H](CCC(N)=O)NC(=O)CCCCNC(=O)Cc1ccc([Si](C(C)(C)C)C(C)(C)C)cc1)C(C)C. The van der Waals surface area contributed by atoms with Crippen LogP contribution in [0.5, 0.6) is 0 Å². The average Bonchev–Trinajstić information content (AvgIpc) is 1.06. The number of amides is 11. The molecule has 0 bridgehead atoms. The highest BCUT2D eigenvalue weighted by atomic mass is 28.3. The number of carbonyl (C=O) groups excluding carboxylic acids is 11. The van der Waals surface area contributed by atoms with Gasteiger partial charge in [-0.15, -0.1) is 0 Å². The first-order chi connectivity index (χ1) is 45.1. The Morgan fingerprint density at radius 3 is 1.91 bits per heavy atom. The van der Waals surface area contributed by atoms with Crippen molar-refractivity contribution in [2.75, 3.05) is 20.1 Å². The lowest BCUT2D eigenvalue weighted by Gasteiger charge is -2.39. The van der Waals surface area contributed by atoms with E-state index in [1.165, 1.54) is 19.2 Å². The second kappa shape index (κ2) is 36.6. The molecule has 8 atom stereocenters. The van der Waals surface area contributed by atoms with Crippen molar-refractivity contribution in [1.29, 1.82) is 0 Å². The molecule has 1 radical (unpaired) electrons. The zero-order valence-corrected chi connectivity index (χ0v) is 59.6. The highest BCUT2D eigenvalue weighted by Crippen LogP contribution is 2.41. The van der Waals surface area contributed by atoms with Gasteiger partial charge in [0.1, 0.15) is 36.3 Å². The molecule has 11 amide bonds. The standard InChI is InChI=1S/C70H107N14O11Si/c1-14-43(4)33-48(26-31-59(87)79-54(63(72)90)34-45-22-23-45)77-67(94)56(37-49-39-73-41-84(49)13)80-61(89)40-83(12)68(95)62(42(2)3)82-64(91)44(5)76-66(93)55(36-47-38-75-52-20-16-15-19-51(47)52)81-65(92)53(29-30-57(71)85)78-58(86)21-17-18-32-74-60(88)35-46-24-27-50(28-25-46)96(69(6,7)8)70(9,10)11/h15-16,19-20,24-25,27-28,38-39,41-45,48,53-56,62,75H,14,17-18,21-23,26,29-37,40H2,1-13H3,(H2,71,85)(H2,72,90)(H,74,88)(H,76,93)(H,77,94)(H,78,86)(H,79,87)(H,80,89)(H,81,92)(H,82,91)/t43-,44-,48+,53-,54-,55-,56-,62-/m0/s1. The highest BCUT2D eigenvalue weighted by molar-refractivity contribution is 6.78. The maximum Gasteiger partial charge on any atom is 0.245 e. The molecule has 0 spiro atoms. The van der Waals surface area contributed by atoms with E-state index in [-0.39, 0.29) is 79.2 Å². The first kappa shape index (κ1) is 78.3. The number of unbranched alkanes of at least 4 members (excludes halogenated alkanes) is 1. The van der Waals surface area contributed by atoms with Gasteiger partial charge in [0.25, 0.3) is 0 Å². The van der Waals surface area contributed by atoms with Crippen LogP contribution in [0.2, 0.25) is 10.1 Å². The zero-order chi connectivity index (χ0) is 71.2. The lowest BCUT2D eigenvalue weighted by molar-refractivity contribution is -0.140. The maximum atomic E-state index is 14.4. The number of aromatic nitrogens is 3. The molecule has 0 aliphatic heterocycles. The minimum Gasteiger partial charge on any atom is -0.370 e. The van der Waals surface area contributed by atoms with E-state index in [0.29, 0.717) is 49.4 Å². The molecule has 2 heterocycles. The van der Waals surface area contributed by atoms with Gasteiger partial charge in [-0.1, -0.05) is 136 Å². The van der Waals surface area contributed by atoms with E-state index in [1.54, 1.807) is 44.2 Å². The van der Waals surface area contributed by atoms with Crippen molar-refractivity contribution in [1.82, 2.24) is 62.0 Å². The molecule has 1 saturated carbocycles. The number of aromatic amines is 1. The lowest BCUT2D eigenvalue weighted by atomic mass is 9.95. The van der Waals surface area contributed by atoms with Crippen LogP contribution in [0.1, 0.15) is 170 Å². The Labute approximate surface area is 567 Å². The molecule has 1 aliphatic rings. The minimum atomic E-state index is -1.35. The number of nitrogens with one attached hydrogen (secondary N) is 9. The fourth-order valence-corrected chi connectivity index (χ4v) is 16.6. The first-order valence-corrected chi connectivity index (χ1v) is 35.3. The number of hydrogen-bond acceptors (Lipinski definition) is 12. The molecule has 2 aromatic heterocycles. The van der Waals surface area contributed by atoms with Gasteiger partial charge in [0.15, 0.2) is 0 Å². The number of imidazole rings is 1. The van der Waals surface area contributed by atoms with Crippen LogP contribution in [0.4, 0.5) is 0 Å². The van der Waals surface area contributed by atoms with E-state index in [9.17, 15) is 52.7 Å². The molecule has 0 unspecified atom stereocenters. The van der Waals surface area contributed by atoms with E-state index in [0.717, 1.165) is 40.6 Å². The molecule has 0 saturated heterocycles. The summed E-state index contributed by atoms with van der Waals surface area (Å²) in [5.41, 5.74) is 14.0. The zero-order valence-electron chi connectivity index (χ0n) is 58.6. The molecule has 5 rings (SSSR count). The third-order valence-electron chi connectivity index (χ3n) is 17.4. The number of fused-ring (bicyclic) bond motifs is 1. The van der Waals surface area contributed by atoms with Gasteiger partial charge in [0.05, 0.1) is 28.1 Å². The van der Waals surface area contributed by atoms with E-state index in [4.69, 9.17) is 11.5 Å². The van der Waals surface area contributed by atoms with Crippen molar-refractivity contribution in [3.8, 4) is 0 Å². The second-order valence-corrected chi connectivity index (χ2v) is 32.8. The molecule has 1 fully saturated rings. The number of nitrogens with two attached hydrogens (primary N) is 2. The molecule has 25 nitrogen and oxygen atoms in total. The predicted octanol–water partition coefficient (Wildman–Crippen LogP) is 3.81. The van der Waals surface area contributed by atoms with Gasteiger partial charge in [-0.05, 0) is 90.5 Å². The summed E-state index contributed by atoms with van der Waals surface area (Å²) in [7, 11) is 2.18. The average molecular weight is 1350 g/mol. The Hall–Kier alpha value is -8.42. The number of rotatable bonds is 39. The number of nitrogens with zero attached hydrogens (tertiary/aromatic N) is 3. The van der Waals surface area contributed by atoms with Crippen LogP contribution in [0.3, 0.4) is 0 Å². The van der Waals surface area contributed by atoms with E-state index in [1.807, 2.05) is 50.2 Å². The topological polar surface area (TPSA) is 373 Å². The van der Waals surface area contributed by atoms with Gasteiger partial charge in [-0.3, -0.25) is 52.7 Å². The van der Waals surface area contributed by atoms with Crippen LogP contribution in [0.15, 0.2) is 67.3 Å². The van der Waals surface area contributed by atoms with Gasteiger partial charge in [0, 0.05) is 87.8 Å². The Bertz CT molecular complexity index is 3300. The molecule has 527 valence electrons. The summed E-state index contributed by atoms with van der Waals surface area (Å²) < 4.78 is 1.71. The van der Waals surface area contributed by atoms with Crippen LogP contribution < -0.4 is 59.2 Å². The number of aryl methyl sites for hydroxylation is 1. The quantitative estimate of drug-likeness (QED) is 0.0224. The molecule has 26 heteroatoms. The van der Waals surface area contributed by atoms with Crippen molar-refractivity contribution in [2.24, 2.45) is 36.3 Å². The van der Waals surface area contributed by atoms with Crippen molar-refractivity contribution in [3.63, 3.8) is 0 Å². The fourth-order valence-electron chi connectivity index (χ4n) is 12.1. The molecule has 13 N–H and O–H groups in total. The molecule has 96 heavy (non-hydrogen) atoms. The van der Waals surface area contributed by atoms with E-state index >= 15 is 0 Å². The number of para-hydroxylation sites is 1. The first-order valence-electron chi connectivity index (χ1n) is 33.8. The van der Waals surface area contributed by atoms with E-state index < -0.39 is 117 Å². The Kier molecular flexibility index (Phi) is 29.9. The molecule has 1 aliphatic carbocycles. The minimum absolute atomic E-state index is 0.0106. The molecule has 4 aromatic rings. The van der Waals surface area contributed by atoms with Crippen LogP contribution >= 0.6 is 0 Å². The Morgan fingerprint density at radius 1 is 0.688 bits per heavy atom. The Balaban J connectivity index is 1.20. The number of likely N-dealkylation sites (N-methyl/N-ethyl adjacent to an activating group) is 1. The monoisotopic (exact) mass is 1350 g/mol. The van der Waals surface area contributed by atoms with Crippen molar-refractivity contribution in [2.45, 2.75) is 225 Å². The van der Waals surface area contributed by atoms with Crippen LogP contribution in [-0.2, 0) is 79.1 Å². The summed E-state index contributed by atoms with van der Waals surface area (Å²) >= 11 is 0. The van der Waals surface area contributed by atoms with Crippen LogP contribution in [-0.4, -0.2) is 156 Å². The number of carbonyl (C=O) groups is 11. The van der Waals surface area contributed by atoms with Gasteiger partial charge in [0.2, 0.25) is 65.0 Å². The molecular weight excluding hydrogens is 1240 g/mol. The van der Waals surface area contributed by atoms with E-state index in [2.05, 4.69) is 106 Å². The van der Waals surface area contributed by atoms with Gasteiger partial charge < -0.3 is 68.5 Å². The third kappa shape index (κ3) is 25.6. The van der Waals surface area contributed by atoms with Gasteiger partial charge in [-0.2, -0.15) is 0 Å². The summed E-state index contributed by atoms with van der Waals surface area (Å²) in [4.78, 5) is 157. The molecule has 2 aromatic carbocycles. The summed E-state index contributed by atoms with van der Waals surface area (Å²) in [6.45, 7) is 22.3. The predicted molar refractivity (Wildman–Crippen MR) is 371 cm³/mol. The van der Waals surface area contributed by atoms with Crippen molar-refractivity contribution < 1.29 is 52.7 Å². The number of H-pyrrole nitrogens is 1. The smallest absolute Gasteiger partial charge is 0.245 e. The Morgan fingerprint density at radius 2 is 1.30 bits per heavy atom. The third-order valence-corrected chi connectivity index (χ3v) is 21.3. The number of benzene rings is 2. The highest BCUT2D eigenvalue weighted by Gasteiger charge is 2.39. The summed E-state index contributed by atoms with van der Waals surface area (Å²) in [6.07, 6.45) is 9.33. The summed E-state index contributed by atoms with van der Waals surface area (Å²) in [6, 6.07) is 8.06. The number of primary amides is 2. The largest absolute Gasteiger partial charge is 0.370 e. The van der Waals surface area contributed by atoms with Crippen molar-refractivity contribution >= 4 is 89.9 Å². The van der Waals surface area contributed by atoms with Crippen LogP contribution in [0, 0.1) is 17.8 Å². The normalized spacial score (nSPS) is 15.0. The lowest BCUT2D eigenvalue weighted by Crippen LogP contribution is -2.59. The van der Waals surface area contributed by atoms with Gasteiger partial charge in [-0.25, -0.2) is 4.98 Å². The summed E-state index contributed by atoms with van der Waals surface area (Å²) in [5.74, 6) is -6.59. The molecular formula is C70H107N14O11Si. The van der Waals surface area contributed by atoms with Crippen LogP contribution in [0.25, 0.3) is 10.9 Å². The van der Waals surface area contributed by atoms with Gasteiger partial charge >= 0.3 is 0 Å². The van der Waals surface area contributed by atoms with Crippen molar-refractivity contribution in [3.05, 3.63) is 84.1 Å².